The number of esters is 1. The summed E-state index contributed by atoms with van der Waals surface area (Å²) in [6.07, 6.45) is 5.19. The first-order valence-corrected chi connectivity index (χ1v) is 11.1. The lowest BCUT2D eigenvalue weighted by Crippen LogP contribution is -2.42. The highest BCUT2D eigenvalue weighted by atomic mass is 32.1. The van der Waals surface area contributed by atoms with Crippen molar-refractivity contribution in [2.45, 2.75) is 38.2 Å². The van der Waals surface area contributed by atoms with Gasteiger partial charge in [-0.1, -0.05) is 41.7 Å². The molecule has 0 bridgehead atoms. The maximum atomic E-state index is 12.7. The average molecular weight is 399 g/mol. The van der Waals surface area contributed by atoms with E-state index in [2.05, 4.69) is 32.1 Å². The third kappa shape index (κ3) is 3.42. The van der Waals surface area contributed by atoms with E-state index >= 15 is 0 Å². The van der Waals surface area contributed by atoms with Gasteiger partial charge >= 0.3 is 5.97 Å². The molecule has 7 heteroatoms. The first-order chi connectivity index (χ1) is 13.7. The van der Waals surface area contributed by atoms with Crippen molar-refractivity contribution >= 4 is 22.4 Å². The van der Waals surface area contributed by atoms with Gasteiger partial charge in [0.2, 0.25) is 5.13 Å². The number of rotatable bonds is 4. The Labute approximate surface area is 169 Å². The first kappa shape index (κ1) is 18.1. The second-order valence-corrected chi connectivity index (χ2v) is 9.22. The number of nitrogens with zero attached hydrogens (tertiary/aromatic N) is 4. The third-order valence-electron chi connectivity index (χ3n) is 6.41. The van der Waals surface area contributed by atoms with E-state index in [-0.39, 0.29) is 17.5 Å². The lowest BCUT2D eigenvalue weighted by molar-refractivity contribution is -0.150. The standard InChI is InChI=1S/C21H26N4O2S/c26-19-21(14-17(27-19)15-24-10-4-5-11-24)8-12-25(13-9-21)20-23-22-18(28-20)16-6-2-1-3-7-16/h1-3,6-7,17H,4-5,8-15H2. The zero-order chi connectivity index (χ0) is 19.0. The number of hydrogen-bond acceptors (Lipinski definition) is 7. The molecule has 3 aliphatic heterocycles. The van der Waals surface area contributed by atoms with Crippen molar-refractivity contribution in [2.75, 3.05) is 37.6 Å². The van der Waals surface area contributed by atoms with Crippen LogP contribution in [-0.4, -0.2) is 59.9 Å². The van der Waals surface area contributed by atoms with Crippen LogP contribution in [0.2, 0.25) is 0 Å². The summed E-state index contributed by atoms with van der Waals surface area (Å²) in [5.41, 5.74) is 0.817. The van der Waals surface area contributed by atoms with Crippen LogP contribution in [-0.2, 0) is 9.53 Å². The number of likely N-dealkylation sites (tertiary alicyclic amines) is 1. The normalized spacial score (nSPS) is 24.8. The van der Waals surface area contributed by atoms with Crippen molar-refractivity contribution in [3.63, 3.8) is 0 Å². The highest BCUT2D eigenvalue weighted by Gasteiger charge is 2.50. The summed E-state index contributed by atoms with van der Waals surface area (Å²) in [5.74, 6) is 0.0265. The van der Waals surface area contributed by atoms with Crippen LogP contribution in [0.5, 0.6) is 0 Å². The molecule has 6 nitrogen and oxygen atoms in total. The van der Waals surface area contributed by atoms with Crippen LogP contribution in [0.1, 0.15) is 32.1 Å². The molecule has 0 aliphatic carbocycles. The summed E-state index contributed by atoms with van der Waals surface area (Å²) in [7, 11) is 0. The van der Waals surface area contributed by atoms with Gasteiger partial charge in [-0.25, -0.2) is 0 Å². The maximum absolute atomic E-state index is 12.7. The van der Waals surface area contributed by atoms with Crippen LogP contribution in [0, 0.1) is 5.41 Å². The Bertz CT molecular complexity index is 826. The Morgan fingerprint density at radius 3 is 2.57 bits per heavy atom. The van der Waals surface area contributed by atoms with Crippen LogP contribution < -0.4 is 4.90 Å². The van der Waals surface area contributed by atoms with Gasteiger partial charge in [-0.15, -0.1) is 10.2 Å². The predicted molar refractivity (Wildman–Crippen MR) is 109 cm³/mol. The monoisotopic (exact) mass is 398 g/mol. The number of carbonyl (C=O) groups is 1. The zero-order valence-corrected chi connectivity index (χ0v) is 16.9. The molecule has 1 aromatic carbocycles. The zero-order valence-electron chi connectivity index (χ0n) is 16.0. The minimum Gasteiger partial charge on any atom is -0.461 e. The number of aromatic nitrogens is 2. The van der Waals surface area contributed by atoms with Gasteiger partial charge in [-0.2, -0.15) is 0 Å². The fraction of sp³-hybridized carbons (Fsp3) is 0.571. The van der Waals surface area contributed by atoms with Crippen molar-refractivity contribution in [3.05, 3.63) is 30.3 Å². The Balaban J connectivity index is 1.21. The van der Waals surface area contributed by atoms with Gasteiger partial charge in [0, 0.05) is 31.6 Å². The van der Waals surface area contributed by atoms with Crippen LogP contribution >= 0.6 is 11.3 Å². The molecular weight excluding hydrogens is 372 g/mol. The second-order valence-electron chi connectivity index (χ2n) is 8.26. The van der Waals surface area contributed by atoms with E-state index in [1.54, 1.807) is 11.3 Å². The third-order valence-corrected chi connectivity index (χ3v) is 7.44. The Hall–Kier alpha value is -1.99. The summed E-state index contributed by atoms with van der Waals surface area (Å²) in [5, 5.41) is 10.7. The molecule has 1 unspecified atom stereocenters. The number of cyclic esters (lactones) is 1. The van der Waals surface area contributed by atoms with Crippen molar-refractivity contribution < 1.29 is 9.53 Å². The molecule has 5 rings (SSSR count). The molecule has 0 amide bonds. The van der Waals surface area contributed by atoms with Gasteiger partial charge in [0.05, 0.1) is 5.41 Å². The Morgan fingerprint density at radius 1 is 1.07 bits per heavy atom. The van der Waals surface area contributed by atoms with Crippen LogP contribution in [0.3, 0.4) is 0 Å². The molecule has 1 aromatic heterocycles. The first-order valence-electron chi connectivity index (χ1n) is 10.3. The molecule has 3 saturated heterocycles. The van der Waals surface area contributed by atoms with E-state index in [9.17, 15) is 4.79 Å². The summed E-state index contributed by atoms with van der Waals surface area (Å²) >= 11 is 1.63. The Morgan fingerprint density at radius 2 is 1.82 bits per heavy atom. The van der Waals surface area contributed by atoms with Gasteiger partial charge in [-0.05, 0) is 38.8 Å². The van der Waals surface area contributed by atoms with Crippen LogP contribution in [0.4, 0.5) is 5.13 Å². The molecule has 3 fully saturated rings. The molecule has 148 valence electrons. The van der Waals surface area contributed by atoms with Crippen LogP contribution in [0.15, 0.2) is 30.3 Å². The van der Waals surface area contributed by atoms with Gasteiger partial charge < -0.3 is 9.64 Å². The molecule has 1 atom stereocenters. The van der Waals surface area contributed by atoms with Gasteiger partial charge in [0.15, 0.2) is 0 Å². The fourth-order valence-corrected chi connectivity index (χ4v) is 5.67. The highest BCUT2D eigenvalue weighted by molar-refractivity contribution is 7.18. The summed E-state index contributed by atoms with van der Waals surface area (Å²) in [6, 6.07) is 10.2. The van der Waals surface area contributed by atoms with E-state index < -0.39 is 0 Å². The predicted octanol–water partition coefficient (Wildman–Crippen LogP) is 3.20. The summed E-state index contributed by atoms with van der Waals surface area (Å²) in [4.78, 5) is 17.4. The minimum absolute atomic E-state index is 0.0265. The SMILES string of the molecule is O=C1OC(CN2CCCC2)CC12CCN(c1nnc(-c3ccccc3)s1)CC2. The van der Waals surface area contributed by atoms with Crippen LogP contribution in [0.25, 0.3) is 10.6 Å². The number of piperidine rings is 1. The second kappa shape index (κ2) is 7.44. The highest BCUT2D eigenvalue weighted by Crippen LogP contribution is 2.44. The number of hydrogen-bond donors (Lipinski definition) is 0. The molecular formula is C21H26N4O2S. The summed E-state index contributed by atoms with van der Waals surface area (Å²) < 4.78 is 5.79. The van der Waals surface area contributed by atoms with Crippen molar-refractivity contribution in [2.24, 2.45) is 5.41 Å². The van der Waals surface area contributed by atoms with Gasteiger partial charge in [-0.3, -0.25) is 9.69 Å². The van der Waals surface area contributed by atoms with E-state index in [1.807, 2.05) is 18.2 Å². The van der Waals surface area contributed by atoms with E-state index in [1.165, 1.54) is 12.8 Å². The molecule has 4 heterocycles. The lowest BCUT2D eigenvalue weighted by Gasteiger charge is -2.36. The lowest BCUT2D eigenvalue weighted by atomic mass is 9.76. The van der Waals surface area contributed by atoms with Gasteiger partial charge in [0.1, 0.15) is 11.1 Å². The molecule has 1 spiro atoms. The van der Waals surface area contributed by atoms with Crippen molar-refractivity contribution in [3.8, 4) is 10.6 Å². The average Bonchev–Trinajstić information content (AvgIpc) is 3.46. The molecule has 3 aliphatic rings. The van der Waals surface area contributed by atoms with E-state index in [0.717, 1.165) is 67.7 Å². The molecule has 0 N–H and O–H groups in total. The molecule has 0 saturated carbocycles. The van der Waals surface area contributed by atoms with E-state index in [4.69, 9.17) is 4.74 Å². The number of anilines is 1. The minimum atomic E-state index is -0.284. The fourth-order valence-electron chi connectivity index (χ4n) is 4.77. The van der Waals surface area contributed by atoms with Crippen molar-refractivity contribution in [1.82, 2.24) is 15.1 Å². The summed E-state index contributed by atoms with van der Waals surface area (Å²) in [6.45, 7) is 4.89. The maximum Gasteiger partial charge on any atom is 0.312 e. The van der Waals surface area contributed by atoms with Crippen molar-refractivity contribution in [1.29, 1.82) is 0 Å². The topological polar surface area (TPSA) is 58.6 Å². The molecule has 28 heavy (non-hydrogen) atoms. The Kier molecular flexibility index (Phi) is 4.80. The van der Waals surface area contributed by atoms with E-state index in [0.29, 0.717) is 0 Å². The smallest absolute Gasteiger partial charge is 0.312 e. The number of ether oxygens (including phenoxy) is 1. The molecule has 0 radical (unpaired) electrons. The largest absolute Gasteiger partial charge is 0.461 e. The number of carbonyl (C=O) groups excluding carboxylic acids is 1. The van der Waals surface area contributed by atoms with Gasteiger partial charge in [0.25, 0.3) is 0 Å². The number of benzene rings is 1. The molecule has 2 aromatic rings. The quantitative estimate of drug-likeness (QED) is 0.737.